The smallest absolute Gasteiger partial charge is 0.319 e. The van der Waals surface area contributed by atoms with E-state index < -0.39 is 0 Å². The predicted octanol–water partition coefficient (Wildman–Crippen LogP) is 8.09. The first kappa shape index (κ1) is 26.0. The summed E-state index contributed by atoms with van der Waals surface area (Å²) in [5.74, 6) is 2.50. The Kier molecular flexibility index (Phi) is 5.91. The second-order valence-electron chi connectivity index (χ2n) is 14.8. The number of hydrogen-bond donors (Lipinski definition) is 0. The Balaban J connectivity index is 1.51. The van der Waals surface area contributed by atoms with Gasteiger partial charge in [0.05, 0.1) is 17.2 Å². The Bertz CT molecular complexity index is 1040. The molecule has 0 amide bonds. The van der Waals surface area contributed by atoms with Crippen molar-refractivity contribution in [3.8, 4) is 6.07 Å². The quantitative estimate of drug-likeness (QED) is 0.222. The van der Waals surface area contributed by atoms with Crippen LogP contribution in [0, 0.1) is 68.0 Å². The summed E-state index contributed by atoms with van der Waals surface area (Å²) in [6.07, 6.45) is 11.5. The third-order valence-corrected chi connectivity index (χ3v) is 13.4. The molecule has 5 rings (SSSR count). The molecule has 5 aliphatic carbocycles. The lowest BCUT2D eigenvalue weighted by atomic mass is 9.32. The van der Waals surface area contributed by atoms with Crippen molar-refractivity contribution in [2.75, 3.05) is 0 Å². The molecule has 4 heteroatoms. The van der Waals surface area contributed by atoms with Gasteiger partial charge in [0.2, 0.25) is 0 Å². The topological polar surface area (TPSA) is 62.4 Å². The van der Waals surface area contributed by atoms with Crippen LogP contribution >= 0.6 is 0 Å². The number of nitriles is 1. The van der Waals surface area contributed by atoms with Gasteiger partial charge in [0, 0.05) is 12.3 Å². The summed E-state index contributed by atoms with van der Waals surface area (Å²) >= 11 is 0. The average Bonchev–Trinajstić information content (AvgIpc) is 3.19. The van der Waals surface area contributed by atoms with E-state index in [1.54, 1.807) is 0 Å². The Morgan fingerprint density at radius 3 is 2.31 bits per heavy atom. The van der Waals surface area contributed by atoms with Crippen molar-refractivity contribution in [1.82, 2.24) is 0 Å². The second-order valence-corrected chi connectivity index (χ2v) is 14.8. The maximum absolute atomic E-state index is 11.5. The molecule has 0 N–H and O–H groups in total. The summed E-state index contributed by atoms with van der Waals surface area (Å²) in [7, 11) is 0. The number of oxime groups is 1. The van der Waals surface area contributed by atoms with E-state index in [1.165, 1.54) is 44.6 Å². The van der Waals surface area contributed by atoms with Crippen LogP contribution in [0.15, 0.2) is 17.3 Å². The van der Waals surface area contributed by atoms with Crippen LogP contribution in [0.25, 0.3) is 0 Å². The molecule has 0 spiro atoms. The van der Waals surface area contributed by atoms with Crippen LogP contribution < -0.4 is 0 Å². The monoisotopic (exact) mass is 492 g/mol. The van der Waals surface area contributed by atoms with Crippen molar-refractivity contribution in [2.45, 2.75) is 113 Å². The maximum atomic E-state index is 11.5. The van der Waals surface area contributed by atoms with Crippen molar-refractivity contribution in [2.24, 2.45) is 61.8 Å². The lowest BCUT2D eigenvalue weighted by Crippen LogP contribution is -2.66. The molecule has 0 radical (unpaired) electrons. The molecule has 0 heterocycles. The van der Waals surface area contributed by atoms with Gasteiger partial charge in [0.25, 0.3) is 0 Å². The van der Waals surface area contributed by atoms with E-state index in [-0.39, 0.29) is 33.0 Å². The van der Waals surface area contributed by atoms with Crippen LogP contribution in [0.3, 0.4) is 0 Å². The fourth-order valence-corrected chi connectivity index (χ4v) is 11.4. The largest absolute Gasteiger partial charge is 0.331 e. The van der Waals surface area contributed by atoms with Crippen molar-refractivity contribution in [3.63, 3.8) is 0 Å². The second kappa shape index (κ2) is 8.18. The number of fused-ring (bicyclic) bond motifs is 7. The number of allylic oxidation sites excluding steroid dienone is 1. The molecule has 36 heavy (non-hydrogen) atoms. The normalized spacial score (nSPS) is 50.2. The molecular weight excluding hydrogens is 444 g/mol. The van der Waals surface area contributed by atoms with Crippen molar-refractivity contribution >= 4 is 11.7 Å². The van der Waals surface area contributed by atoms with E-state index in [0.29, 0.717) is 29.6 Å². The lowest BCUT2D eigenvalue weighted by molar-refractivity contribution is -0.223. The highest BCUT2D eigenvalue weighted by Crippen LogP contribution is 2.77. The zero-order chi connectivity index (χ0) is 26.3. The molecular formula is C32H48N2O2. The van der Waals surface area contributed by atoms with Gasteiger partial charge in [0.1, 0.15) is 0 Å². The zero-order valence-corrected chi connectivity index (χ0v) is 23.9. The van der Waals surface area contributed by atoms with E-state index in [2.05, 4.69) is 59.3 Å². The van der Waals surface area contributed by atoms with Gasteiger partial charge < -0.3 is 4.84 Å². The molecule has 9 atom stereocenters. The molecule has 5 saturated carbocycles. The minimum atomic E-state index is -0.333. The highest BCUT2D eigenvalue weighted by Gasteiger charge is 2.70. The third-order valence-electron chi connectivity index (χ3n) is 13.4. The van der Waals surface area contributed by atoms with Crippen LogP contribution in [0.5, 0.6) is 0 Å². The number of hydrogen-bond acceptors (Lipinski definition) is 4. The lowest BCUT2D eigenvalue weighted by Gasteiger charge is -2.72. The molecule has 4 unspecified atom stereocenters. The zero-order valence-electron chi connectivity index (χ0n) is 23.9. The third kappa shape index (κ3) is 3.23. The predicted molar refractivity (Wildman–Crippen MR) is 144 cm³/mol. The van der Waals surface area contributed by atoms with Crippen LogP contribution in [-0.4, -0.2) is 11.7 Å². The number of rotatable bonds is 2. The molecule has 4 nitrogen and oxygen atoms in total. The fraction of sp³-hybridized carbons (Fsp3) is 0.844. The van der Waals surface area contributed by atoms with E-state index >= 15 is 0 Å². The average molecular weight is 493 g/mol. The number of carbonyl (C=O) groups excluding carboxylic acids is 1. The van der Waals surface area contributed by atoms with Gasteiger partial charge in [-0.25, -0.2) is 4.79 Å². The molecule has 0 bridgehead atoms. The van der Waals surface area contributed by atoms with Gasteiger partial charge in [-0.1, -0.05) is 51.9 Å². The van der Waals surface area contributed by atoms with E-state index in [1.807, 2.05) is 0 Å². The van der Waals surface area contributed by atoms with E-state index in [0.717, 1.165) is 37.8 Å². The van der Waals surface area contributed by atoms with Crippen LogP contribution in [0.2, 0.25) is 0 Å². The highest BCUT2D eigenvalue weighted by atomic mass is 16.7. The van der Waals surface area contributed by atoms with Gasteiger partial charge in [-0.2, -0.15) is 5.26 Å². The Hall–Kier alpha value is -1.63. The highest BCUT2D eigenvalue weighted by molar-refractivity contribution is 5.91. The summed E-state index contributed by atoms with van der Waals surface area (Å²) in [6.45, 7) is 20.6. The molecule has 0 aliphatic heterocycles. The van der Waals surface area contributed by atoms with Crippen molar-refractivity contribution < 1.29 is 9.63 Å². The van der Waals surface area contributed by atoms with Gasteiger partial charge in [0.15, 0.2) is 0 Å². The molecule has 5 aliphatic rings. The first-order chi connectivity index (χ1) is 16.8. The molecule has 0 aromatic carbocycles. The fourth-order valence-electron chi connectivity index (χ4n) is 11.4. The first-order valence-corrected chi connectivity index (χ1v) is 14.6. The minimum Gasteiger partial charge on any atom is -0.319 e. The summed E-state index contributed by atoms with van der Waals surface area (Å²) in [5, 5.41) is 14.8. The number of nitrogens with zero attached hydrogens (tertiary/aromatic N) is 2. The standard InChI is InChI=1S/C32H48N2O2/c1-20(2)22-11-16-32(19-33)18-17-30(7)23(27(22)32)9-10-25-29(6)14-13-26(34-36-21(3)35)28(4,5)24(29)12-15-31(25,30)8/h22-25,27H,1,9-18H2,2-8H3/t22-,23?,24?,25?,27?,29-,30+,31+,32+/m0/s1. The Labute approximate surface area is 219 Å². The summed E-state index contributed by atoms with van der Waals surface area (Å²) in [5.41, 5.74) is 2.98. The van der Waals surface area contributed by atoms with E-state index in [4.69, 9.17) is 4.84 Å². The van der Waals surface area contributed by atoms with Crippen molar-refractivity contribution in [3.05, 3.63) is 12.2 Å². The molecule has 5 fully saturated rings. The van der Waals surface area contributed by atoms with Crippen molar-refractivity contribution in [1.29, 1.82) is 5.26 Å². The van der Waals surface area contributed by atoms with E-state index in [9.17, 15) is 10.1 Å². The minimum absolute atomic E-state index is 0.0689. The maximum Gasteiger partial charge on any atom is 0.331 e. The molecule has 198 valence electrons. The van der Waals surface area contributed by atoms with Gasteiger partial charge in [-0.05, 0) is 117 Å². The van der Waals surface area contributed by atoms with Crippen LogP contribution in [-0.2, 0) is 9.63 Å². The first-order valence-electron chi connectivity index (χ1n) is 14.6. The van der Waals surface area contributed by atoms with Crippen LogP contribution in [0.1, 0.15) is 113 Å². The molecule has 0 aromatic heterocycles. The van der Waals surface area contributed by atoms with Gasteiger partial charge >= 0.3 is 5.97 Å². The van der Waals surface area contributed by atoms with Gasteiger partial charge in [-0.3, -0.25) is 0 Å². The Morgan fingerprint density at radius 2 is 1.67 bits per heavy atom. The van der Waals surface area contributed by atoms with Crippen LogP contribution in [0.4, 0.5) is 0 Å². The van der Waals surface area contributed by atoms with Gasteiger partial charge in [-0.15, -0.1) is 0 Å². The SMILES string of the molecule is C=C(C)[C@@H]1CC[C@]2(C#N)CC[C@]3(C)C(CCC4[C@@]5(C)CCC(=NOC(C)=O)C(C)(C)C5CC[C@]43C)C12. The summed E-state index contributed by atoms with van der Waals surface area (Å²) in [4.78, 5) is 16.6. The Morgan fingerprint density at radius 1 is 0.944 bits per heavy atom. The number of carbonyl (C=O) groups is 1. The molecule has 0 aromatic rings. The summed E-state index contributed by atoms with van der Waals surface area (Å²) < 4.78 is 0. The molecule has 0 saturated heterocycles. The summed E-state index contributed by atoms with van der Waals surface area (Å²) in [6, 6.07) is 2.90.